The van der Waals surface area contributed by atoms with E-state index in [2.05, 4.69) is 15.9 Å². The predicted molar refractivity (Wildman–Crippen MR) is 72.0 cm³/mol. The van der Waals surface area contributed by atoms with E-state index in [4.69, 9.17) is 10.4 Å². The number of hydrogen-bond donors (Lipinski definition) is 1. The molecule has 0 radical (unpaired) electrons. The maximum Gasteiger partial charge on any atom is 0.305 e. The fourth-order valence-electron chi connectivity index (χ4n) is 2.45. The highest BCUT2D eigenvalue weighted by Crippen LogP contribution is 2.22. The molecular formula is C14H17N3O2. The van der Waals surface area contributed by atoms with E-state index >= 15 is 0 Å². The molecule has 1 N–H and O–H groups in total. The Morgan fingerprint density at radius 2 is 2.11 bits per heavy atom. The molecule has 1 unspecified atom stereocenters. The Bertz CT molecular complexity index is 492. The molecule has 1 aromatic rings. The molecule has 0 aliphatic carbocycles. The number of nitriles is 1. The molecule has 0 aromatic heterocycles. The summed E-state index contributed by atoms with van der Waals surface area (Å²) in [5, 5.41) is 17.8. The number of anilines is 1. The molecule has 1 aromatic carbocycles. The van der Waals surface area contributed by atoms with E-state index < -0.39 is 5.97 Å². The third kappa shape index (κ3) is 3.24. The van der Waals surface area contributed by atoms with Crippen LogP contribution in [0.2, 0.25) is 0 Å². The number of aliphatic carboxylic acids is 1. The number of carbonyl (C=O) groups is 1. The van der Waals surface area contributed by atoms with Gasteiger partial charge in [-0.15, -0.1) is 0 Å². The van der Waals surface area contributed by atoms with E-state index in [0.29, 0.717) is 5.56 Å². The number of benzene rings is 1. The first-order chi connectivity index (χ1) is 9.10. The van der Waals surface area contributed by atoms with E-state index in [1.165, 1.54) is 0 Å². The summed E-state index contributed by atoms with van der Waals surface area (Å²) in [5.74, 6) is -0.779. The second kappa shape index (κ2) is 5.72. The Labute approximate surface area is 112 Å². The fraction of sp³-hybridized carbons (Fsp3) is 0.429. The first kappa shape index (κ1) is 13.4. The third-order valence-electron chi connectivity index (χ3n) is 3.42. The van der Waals surface area contributed by atoms with Crippen LogP contribution in [0.25, 0.3) is 0 Å². The van der Waals surface area contributed by atoms with Gasteiger partial charge in [-0.3, -0.25) is 4.79 Å². The van der Waals surface area contributed by atoms with Crippen LogP contribution in [-0.4, -0.2) is 48.7 Å². The minimum absolute atomic E-state index is 0.0239. The lowest BCUT2D eigenvalue weighted by atomic mass is 10.1. The number of carboxylic acids is 1. The molecule has 0 saturated carbocycles. The smallest absolute Gasteiger partial charge is 0.305 e. The lowest BCUT2D eigenvalue weighted by molar-refractivity contribution is -0.137. The summed E-state index contributed by atoms with van der Waals surface area (Å²) >= 11 is 0. The van der Waals surface area contributed by atoms with E-state index in [0.717, 1.165) is 25.3 Å². The minimum Gasteiger partial charge on any atom is -0.481 e. The third-order valence-corrected chi connectivity index (χ3v) is 3.42. The monoisotopic (exact) mass is 259 g/mol. The van der Waals surface area contributed by atoms with Gasteiger partial charge in [0, 0.05) is 25.3 Å². The van der Waals surface area contributed by atoms with Gasteiger partial charge in [0.15, 0.2) is 0 Å². The molecule has 100 valence electrons. The number of rotatable bonds is 3. The minimum atomic E-state index is -0.779. The summed E-state index contributed by atoms with van der Waals surface area (Å²) in [6.07, 6.45) is 0.129. The lowest BCUT2D eigenvalue weighted by Crippen LogP contribution is -2.52. The van der Waals surface area contributed by atoms with Crippen molar-refractivity contribution in [3.63, 3.8) is 0 Å². The van der Waals surface area contributed by atoms with Crippen LogP contribution < -0.4 is 4.90 Å². The van der Waals surface area contributed by atoms with Crippen LogP contribution in [0, 0.1) is 11.3 Å². The molecule has 1 aliphatic rings. The normalized spacial score (nSPS) is 20.0. The number of carboxylic acid groups (broad SMARTS) is 1. The Kier molecular flexibility index (Phi) is 4.03. The molecule has 1 heterocycles. The van der Waals surface area contributed by atoms with Crippen molar-refractivity contribution in [3.8, 4) is 6.07 Å². The number of nitrogens with zero attached hydrogens (tertiary/aromatic N) is 3. The van der Waals surface area contributed by atoms with Crippen LogP contribution >= 0.6 is 0 Å². The highest BCUT2D eigenvalue weighted by molar-refractivity contribution is 5.69. The summed E-state index contributed by atoms with van der Waals surface area (Å²) < 4.78 is 0. The fourth-order valence-corrected chi connectivity index (χ4v) is 2.45. The van der Waals surface area contributed by atoms with Crippen molar-refractivity contribution in [1.82, 2.24) is 4.90 Å². The van der Waals surface area contributed by atoms with Crippen LogP contribution in [0.1, 0.15) is 12.0 Å². The molecule has 5 nitrogen and oxygen atoms in total. The van der Waals surface area contributed by atoms with Gasteiger partial charge in [-0.1, -0.05) is 0 Å². The van der Waals surface area contributed by atoms with Crippen LogP contribution in [0.4, 0.5) is 5.69 Å². The molecule has 2 rings (SSSR count). The van der Waals surface area contributed by atoms with Gasteiger partial charge in [0.2, 0.25) is 0 Å². The molecule has 0 bridgehead atoms. The largest absolute Gasteiger partial charge is 0.481 e. The van der Waals surface area contributed by atoms with Gasteiger partial charge in [0.25, 0.3) is 0 Å². The zero-order valence-corrected chi connectivity index (χ0v) is 10.9. The van der Waals surface area contributed by atoms with Gasteiger partial charge >= 0.3 is 5.97 Å². The van der Waals surface area contributed by atoms with Gasteiger partial charge in [-0.25, -0.2) is 0 Å². The molecule has 1 fully saturated rings. The van der Waals surface area contributed by atoms with Crippen molar-refractivity contribution in [2.75, 3.05) is 31.6 Å². The van der Waals surface area contributed by atoms with Crippen molar-refractivity contribution < 1.29 is 9.90 Å². The Morgan fingerprint density at radius 1 is 1.42 bits per heavy atom. The van der Waals surface area contributed by atoms with E-state index in [-0.39, 0.29) is 12.5 Å². The van der Waals surface area contributed by atoms with Gasteiger partial charge in [-0.2, -0.15) is 5.26 Å². The predicted octanol–water partition coefficient (Wildman–Crippen LogP) is 1.15. The van der Waals surface area contributed by atoms with Crippen molar-refractivity contribution in [2.45, 2.75) is 12.5 Å². The highest BCUT2D eigenvalue weighted by atomic mass is 16.4. The molecule has 0 spiro atoms. The maximum absolute atomic E-state index is 11.0. The Balaban J connectivity index is 2.19. The molecular weight excluding hydrogens is 242 g/mol. The number of hydrogen-bond acceptors (Lipinski definition) is 4. The molecule has 19 heavy (non-hydrogen) atoms. The summed E-state index contributed by atoms with van der Waals surface area (Å²) in [5.41, 5.74) is 1.60. The second-order valence-corrected chi connectivity index (χ2v) is 4.87. The first-order valence-corrected chi connectivity index (χ1v) is 6.27. The van der Waals surface area contributed by atoms with Gasteiger partial charge in [-0.05, 0) is 31.3 Å². The summed E-state index contributed by atoms with van der Waals surface area (Å²) in [4.78, 5) is 15.2. The summed E-state index contributed by atoms with van der Waals surface area (Å²) in [7, 11) is 2.00. The van der Waals surface area contributed by atoms with Gasteiger partial charge < -0.3 is 14.9 Å². The van der Waals surface area contributed by atoms with Crippen LogP contribution in [0.5, 0.6) is 0 Å². The van der Waals surface area contributed by atoms with Crippen molar-refractivity contribution >= 4 is 11.7 Å². The zero-order valence-electron chi connectivity index (χ0n) is 10.9. The lowest BCUT2D eigenvalue weighted by Gasteiger charge is -2.41. The van der Waals surface area contributed by atoms with Crippen LogP contribution in [0.3, 0.4) is 0 Å². The summed E-state index contributed by atoms with van der Waals surface area (Å²) in [6, 6.07) is 9.38. The first-order valence-electron chi connectivity index (χ1n) is 6.27. The van der Waals surface area contributed by atoms with Crippen molar-refractivity contribution in [2.24, 2.45) is 0 Å². The average molecular weight is 259 g/mol. The van der Waals surface area contributed by atoms with Crippen molar-refractivity contribution in [1.29, 1.82) is 5.26 Å². The number of piperazine rings is 1. The average Bonchev–Trinajstić information content (AvgIpc) is 2.38. The molecule has 1 atom stereocenters. The zero-order chi connectivity index (χ0) is 13.8. The SMILES string of the molecule is CN1CCN(c2ccc(C#N)cc2)C(CC(=O)O)C1. The van der Waals surface area contributed by atoms with E-state index in [9.17, 15) is 4.79 Å². The Morgan fingerprint density at radius 3 is 2.68 bits per heavy atom. The molecule has 5 heteroatoms. The Hall–Kier alpha value is -2.06. The van der Waals surface area contributed by atoms with Gasteiger partial charge in [0.05, 0.1) is 24.1 Å². The topological polar surface area (TPSA) is 67.6 Å². The quantitative estimate of drug-likeness (QED) is 0.882. The second-order valence-electron chi connectivity index (χ2n) is 4.87. The van der Waals surface area contributed by atoms with E-state index in [1.54, 1.807) is 12.1 Å². The summed E-state index contributed by atoms with van der Waals surface area (Å²) in [6.45, 7) is 2.46. The van der Waals surface area contributed by atoms with Crippen LogP contribution in [0.15, 0.2) is 24.3 Å². The molecule has 1 saturated heterocycles. The van der Waals surface area contributed by atoms with Gasteiger partial charge in [0.1, 0.15) is 0 Å². The van der Waals surface area contributed by atoms with E-state index in [1.807, 2.05) is 19.2 Å². The highest BCUT2D eigenvalue weighted by Gasteiger charge is 2.27. The maximum atomic E-state index is 11.0. The van der Waals surface area contributed by atoms with Crippen LogP contribution in [-0.2, 0) is 4.79 Å². The van der Waals surface area contributed by atoms with Crippen molar-refractivity contribution in [3.05, 3.63) is 29.8 Å². The molecule has 0 amide bonds. The molecule has 1 aliphatic heterocycles. The number of likely N-dealkylation sites (N-methyl/N-ethyl adjacent to an activating group) is 1. The standard InChI is InChI=1S/C14H17N3O2/c1-16-6-7-17(13(10-16)8-14(18)19)12-4-2-11(9-15)3-5-12/h2-5,13H,6-8,10H2,1H3,(H,18,19).